The standard InChI is InChI=1S/C9H15N3OS/c1-2-3-10-4-5-11-8(13)9-12-6-7-14-9/h6-7,10H,2-5H2,1H3,(H,11,13). The van der Waals surface area contributed by atoms with Gasteiger partial charge in [-0.05, 0) is 13.0 Å². The first-order chi connectivity index (χ1) is 6.84. The molecule has 0 atom stereocenters. The van der Waals surface area contributed by atoms with Gasteiger partial charge >= 0.3 is 0 Å². The van der Waals surface area contributed by atoms with Gasteiger partial charge in [0.2, 0.25) is 0 Å². The van der Waals surface area contributed by atoms with E-state index in [9.17, 15) is 4.79 Å². The Labute approximate surface area is 87.7 Å². The van der Waals surface area contributed by atoms with E-state index in [1.165, 1.54) is 11.3 Å². The highest BCUT2D eigenvalue weighted by Crippen LogP contribution is 2.02. The molecule has 0 spiro atoms. The summed E-state index contributed by atoms with van der Waals surface area (Å²) in [4.78, 5) is 15.3. The third-order valence-corrected chi connectivity index (χ3v) is 2.41. The number of aromatic nitrogens is 1. The van der Waals surface area contributed by atoms with Gasteiger partial charge < -0.3 is 10.6 Å². The summed E-state index contributed by atoms with van der Waals surface area (Å²) in [7, 11) is 0. The minimum atomic E-state index is -0.0849. The van der Waals surface area contributed by atoms with E-state index >= 15 is 0 Å². The molecule has 0 saturated carbocycles. The maximum atomic E-state index is 11.3. The zero-order valence-electron chi connectivity index (χ0n) is 8.25. The van der Waals surface area contributed by atoms with Crippen molar-refractivity contribution in [2.24, 2.45) is 0 Å². The smallest absolute Gasteiger partial charge is 0.280 e. The molecule has 78 valence electrons. The molecule has 1 heterocycles. The molecule has 0 aliphatic heterocycles. The fourth-order valence-corrected chi connectivity index (χ4v) is 1.53. The fraction of sp³-hybridized carbons (Fsp3) is 0.556. The van der Waals surface area contributed by atoms with E-state index < -0.39 is 0 Å². The van der Waals surface area contributed by atoms with Crippen molar-refractivity contribution in [1.29, 1.82) is 0 Å². The number of nitrogens with zero attached hydrogens (tertiary/aromatic N) is 1. The van der Waals surface area contributed by atoms with Crippen molar-refractivity contribution in [2.75, 3.05) is 19.6 Å². The Morgan fingerprint density at radius 1 is 1.50 bits per heavy atom. The van der Waals surface area contributed by atoms with Crippen LogP contribution in [0.15, 0.2) is 11.6 Å². The lowest BCUT2D eigenvalue weighted by Crippen LogP contribution is -2.32. The van der Waals surface area contributed by atoms with Crippen LogP contribution < -0.4 is 10.6 Å². The van der Waals surface area contributed by atoms with Gasteiger partial charge in [-0.1, -0.05) is 6.92 Å². The van der Waals surface area contributed by atoms with Gasteiger partial charge in [0.05, 0.1) is 0 Å². The quantitative estimate of drug-likeness (QED) is 0.689. The number of carbonyl (C=O) groups excluding carboxylic acids is 1. The SMILES string of the molecule is CCCNCCNC(=O)c1nccs1. The second-order valence-electron chi connectivity index (χ2n) is 2.84. The van der Waals surface area contributed by atoms with Gasteiger partial charge in [0.25, 0.3) is 5.91 Å². The minimum Gasteiger partial charge on any atom is -0.349 e. The van der Waals surface area contributed by atoms with E-state index in [1.54, 1.807) is 11.6 Å². The number of thiazole rings is 1. The van der Waals surface area contributed by atoms with E-state index in [0.29, 0.717) is 11.6 Å². The van der Waals surface area contributed by atoms with Crippen molar-refractivity contribution in [1.82, 2.24) is 15.6 Å². The van der Waals surface area contributed by atoms with Gasteiger partial charge in [0.1, 0.15) is 0 Å². The van der Waals surface area contributed by atoms with Crippen LogP contribution in [0, 0.1) is 0 Å². The van der Waals surface area contributed by atoms with Crippen molar-refractivity contribution in [3.63, 3.8) is 0 Å². The van der Waals surface area contributed by atoms with E-state index in [-0.39, 0.29) is 5.91 Å². The second-order valence-corrected chi connectivity index (χ2v) is 3.74. The number of rotatable bonds is 6. The van der Waals surface area contributed by atoms with Crippen molar-refractivity contribution >= 4 is 17.2 Å². The topological polar surface area (TPSA) is 54.0 Å². The van der Waals surface area contributed by atoms with Crippen LogP contribution in [0.1, 0.15) is 23.1 Å². The molecule has 1 aromatic heterocycles. The Morgan fingerprint density at radius 3 is 3.00 bits per heavy atom. The van der Waals surface area contributed by atoms with Crippen LogP contribution in [0.2, 0.25) is 0 Å². The highest BCUT2D eigenvalue weighted by atomic mass is 32.1. The summed E-state index contributed by atoms with van der Waals surface area (Å²) < 4.78 is 0. The number of carbonyl (C=O) groups is 1. The summed E-state index contributed by atoms with van der Waals surface area (Å²) in [5.41, 5.74) is 0. The molecule has 0 saturated heterocycles. The average molecular weight is 213 g/mol. The first-order valence-corrected chi connectivity index (χ1v) is 5.61. The summed E-state index contributed by atoms with van der Waals surface area (Å²) in [5.74, 6) is -0.0849. The van der Waals surface area contributed by atoms with Crippen LogP contribution in [0.25, 0.3) is 0 Å². The van der Waals surface area contributed by atoms with Crippen molar-refractivity contribution in [2.45, 2.75) is 13.3 Å². The average Bonchev–Trinajstić information content (AvgIpc) is 2.70. The largest absolute Gasteiger partial charge is 0.349 e. The van der Waals surface area contributed by atoms with Crippen LogP contribution in [-0.4, -0.2) is 30.5 Å². The third kappa shape index (κ3) is 3.85. The van der Waals surface area contributed by atoms with Gasteiger partial charge in [-0.2, -0.15) is 0 Å². The third-order valence-electron chi connectivity index (χ3n) is 1.64. The molecule has 4 nitrogen and oxygen atoms in total. The summed E-state index contributed by atoms with van der Waals surface area (Å²) in [6.45, 7) is 4.57. The number of nitrogens with one attached hydrogen (secondary N) is 2. The molecule has 2 N–H and O–H groups in total. The predicted octanol–water partition coefficient (Wildman–Crippen LogP) is 0.872. The van der Waals surface area contributed by atoms with Gasteiger partial charge in [-0.3, -0.25) is 4.79 Å². The van der Waals surface area contributed by atoms with Gasteiger partial charge in [-0.25, -0.2) is 4.98 Å². The summed E-state index contributed by atoms with van der Waals surface area (Å²) in [6.07, 6.45) is 2.75. The van der Waals surface area contributed by atoms with Crippen molar-refractivity contribution in [3.8, 4) is 0 Å². The maximum Gasteiger partial charge on any atom is 0.280 e. The molecule has 1 aromatic rings. The number of hydrogen-bond donors (Lipinski definition) is 2. The number of amides is 1. The Morgan fingerprint density at radius 2 is 2.36 bits per heavy atom. The highest BCUT2D eigenvalue weighted by molar-refractivity contribution is 7.11. The van der Waals surface area contributed by atoms with Crippen LogP contribution in [0.5, 0.6) is 0 Å². The first kappa shape index (κ1) is 11.1. The molecule has 14 heavy (non-hydrogen) atoms. The number of hydrogen-bond acceptors (Lipinski definition) is 4. The van der Waals surface area contributed by atoms with Gasteiger partial charge in [0.15, 0.2) is 5.01 Å². The molecule has 1 amide bonds. The molecule has 0 aromatic carbocycles. The summed E-state index contributed by atoms with van der Waals surface area (Å²) >= 11 is 1.36. The summed E-state index contributed by atoms with van der Waals surface area (Å²) in [5, 5.41) is 8.32. The normalized spacial score (nSPS) is 10.1. The Hall–Kier alpha value is -0.940. The fourth-order valence-electron chi connectivity index (χ4n) is 0.977. The molecular weight excluding hydrogens is 198 g/mol. The Balaban J connectivity index is 2.10. The zero-order chi connectivity index (χ0) is 10.2. The molecule has 0 fully saturated rings. The maximum absolute atomic E-state index is 11.3. The van der Waals surface area contributed by atoms with E-state index in [1.807, 2.05) is 0 Å². The van der Waals surface area contributed by atoms with E-state index in [2.05, 4.69) is 22.5 Å². The van der Waals surface area contributed by atoms with Crippen LogP contribution in [0.3, 0.4) is 0 Å². The van der Waals surface area contributed by atoms with Crippen LogP contribution in [0.4, 0.5) is 0 Å². The first-order valence-electron chi connectivity index (χ1n) is 4.73. The molecule has 0 unspecified atom stereocenters. The minimum absolute atomic E-state index is 0.0849. The molecular formula is C9H15N3OS. The molecule has 0 bridgehead atoms. The molecule has 1 rings (SSSR count). The summed E-state index contributed by atoms with van der Waals surface area (Å²) in [6, 6.07) is 0. The molecule has 0 aliphatic rings. The lowest BCUT2D eigenvalue weighted by molar-refractivity contribution is 0.0953. The Bertz CT molecular complexity index is 261. The molecule has 0 aliphatic carbocycles. The molecule has 5 heteroatoms. The van der Waals surface area contributed by atoms with Crippen molar-refractivity contribution in [3.05, 3.63) is 16.6 Å². The van der Waals surface area contributed by atoms with E-state index in [4.69, 9.17) is 0 Å². The monoisotopic (exact) mass is 213 g/mol. The lowest BCUT2D eigenvalue weighted by atomic mass is 10.4. The van der Waals surface area contributed by atoms with Crippen molar-refractivity contribution < 1.29 is 4.79 Å². The molecule has 0 radical (unpaired) electrons. The van der Waals surface area contributed by atoms with Gasteiger partial charge in [0, 0.05) is 24.7 Å². The van der Waals surface area contributed by atoms with Gasteiger partial charge in [-0.15, -0.1) is 11.3 Å². The van der Waals surface area contributed by atoms with Crippen LogP contribution >= 0.6 is 11.3 Å². The predicted molar refractivity (Wildman–Crippen MR) is 57.6 cm³/mol. The zero-order valence-corrected chi connectivity index (χ0v) is 9.06. The van der Waals surface area contributed by atoms with Crippen LogP contribution in [-0.2, 0) is 0 Å². The Kier molecular flexibility index (Phi) is 5.17. The lowest BCUT2D eigenvalue weighted by Gasteiger charge is -2.03. The van der Waals surface area contributed by atoms with E-state index in [0.717, 1.165) is 19.5 Å². The second kappa shape index (κ2) is 6.50. The highest BCUT2D eigenvalue weighted by Gasteiger charge is 2.05.